The summed E-state index contributed by atoms with van der Waals surface area (Å²) >= 11 is 0. The lowest BCUT2D eigenvalue weighted by molar-refractivity contribution is 0.116. The van der Waals surface area contributed by atoms with Gasteiger partial charge in [0.25, 0.3) is 0 Å². The van der Waals surface area contributed by atoms with Gasteiger partial charge in [0.05, 0.1) is 6.61 Å². The van der Waals surface area contributed by atoms with Crippen LogP contribution in [0.1, 0.15) is 20.8 Å². The largest absolute Gasteiger partial charge is 0.383 e. The normalized spacial score (nSPS) is 13.7. The van der Waals surface area contributed by atoms with Crippen molar-refractivity contribution < 1.29 is 13.2 Å². The zero-order valence-corrected chi connectivity index (χ0v) is 12.3. The summed E-state index contributed by atoms with van der Waals surface area (Å²) in [6.07, 6.45) is 1.45. The third kappa shape index (κ3) is 4.45. The number of sulfonamides is 1. The number of nitrogens with one attached hydrogen (secondary N) is 1. The first kappa shape index (κ1) is 15.9. The first-order valence-electron chi connectivity index (χ1n) is 6.19. The van der Waals surface area contributed by atoms with Crippen molar-refractivity contribution in [2.45, 2.75) is 31.7 Å². The number of aromatic nitrogens is 1. The van der Waals surface area contributed by atoms with E-state index in [1.807, 2.05) is 20.8 Å². The Kier molecular flexibility index (Phi) is 5.71. The molecule has 0 aromatic carbocycles. The lowest BCUT2D eigenvalue weighted by Crippen LogP contribution is -2.42. The molecule has 0 radical (unpaired) electrons. The second-order valence-corrected chi connectivity index (χ2v) is 6.20. The van der Waals surface area contributed by atoms with Crippen LogP contribution in [0.4, 0.5) is 5.82 Å². The van der Waals surface area contributed by atoms with Gasteiger partial charge in [-0.05, 0) is 25.0 Å². The van der Waals surface area contributed by atoms with E-state index in [4.69, 9.17) is 10.5 Å². The van der Waals surface area contributed by atoms with Gasteiger partial charge in [0.2, 0.25) is 10.0 Å². The van der Waals surface area contributed by atoms with Crippen LogP contribution in [0.3, 0.4) is 0 Å². The predicted octanol–water partition coefficient (Wildman–Crippen LogP) is 1.00. The number of nitrogens with two attached hydrogens (primary N) is 1. The maximum Gasteiger partial charge on any atom is 0.244 e. The van der Waals surface area contributed by atoms with Crippen molar-refractivity contribution in [2.75, 3.05) is 18.9 Å². The molecule has 19 heavy (non-hydrogen) atoms. The number of rotatable bonds is 7. The van der Waals surface area contributed by atoms with Gasteiger partial charge in [-0.15, -0.1) is 0 Å². The van der Waals surface area contributed by atoms with Gasteiger partial charge in [-0.1, -0.05) is 13.8 Å². The second-order valence-electron chi connectivity index (χ2n) is 4.52. The molecule has 1 unspecified atom stereocenters. The molecule has 0 saturated heterocycles. The Morgan fingerprint density at radius 2 is 2.16 bits per heavy atom. The lowest BCUT2D eigenvalue weighted by Gasteiger charge is -2.22. The number of hydrogen-bond donors (Lipinski definition) is 2. The molecule has 7 heteroatoms. The molecule has 0 saturated carbocycles. The molecule has 6 nitrogen and oxygen atoms in total. The predicted molar refractivity (Wildman–Crippen MR) is 74.1 cm³/mol. The molecule has 1 atom stereocenters. The molecule has 0 amide bonds. The quantitative estimate of drug-likeness (QED) is 0.780. The summed E-state index contributed by atoms with van der Waals surface area (Å²) < 4.78 is 32.4. The van der Waals surface area contributed by atoms with Crippen molar-refractivity contribution in [1.29, 1.82) is 0 Å². The second kappa shape index (κ2) is 6.83. The van der Waals surface area contributed by atoms with Gasteiger partial charge in [-0.25, -0.2) is 18.1 Å². The zero-order chi connectivity index (χ0) is 14.5. The Bertz CT molecular complexity index is 503. The number of nitrogen functional groups attached to an aromatic ring is 1. The fourth-order valence-electron chi connectivity index (χ4n) is 1.50. The van der Waals surface area contributed by atoms with E-state index in [1.54, 1.807) is 0 Å². The SMILES string of the molecule is CCOCC(NS(=O)(=O)c1cccnc1N)C(C)C. The Morgan fingerprint density at radius 3 is 2.68 bits per heavy atom. The summed E-state index contributed by atoms with van der Waals surface area (Å²) in [4.78, 5) is 3.78. The molecule has 1 heterocycles. The van der Waals surface area contributed by atoms with Crippen molar-refractivity contribution in [3.05, 3.63) is 18.3 Å². The van der Waals surface area contributed by atoms with Crippen molar-refractivity contribution in [3.8, 4) is 0 Å². The summed E-state index contributed by atoms with van der Waals surface area (Å²) in [5.41, 5.74) is 5.60. The van der Waals surface area contributed by atoms with Crippen LogP contribution in [-0.2, 0) is 14.8 Å². The molecule has 0 fully saturated rings. The Morgan fingerprint density at radius 1 is 1.47 bits per heavy atom. The van der Waals surface area contributed by atoms with E-state index in [-0.39, 0.29) is 22.7 Å². The first-order chi connectivity index (χ1) is 8.88. The van der Waals surface area contributed by atoms with Gasteiger partial charge >= 0.3 is 0 Å². The number of ether oxygens (including phenoxy) is 1. The molecule has 0 bridgehead atoms. The van der Waals surface area contributed by atoms with Crippen molar-refractivity contribution in [3.63, 3.8) is 0 Å². The standard InChI is InChI=1S/C12H21N3O3S/c1-4-18-8-10(9(2)3)15-19(16,17)11-6-5-7-14-12(11)13/h5-7,9-10,15H,4,8H2,1-3H3,(H2,13,14). The molecule has 1 aromatic rings. The average molecular weight is 287 g/mol. The summed E-state index contributed by atoms with van der Waals surface area (Å²) in [6.45, 7) is 6.59. The number of nitrogens with zero attached hydrogens (tertiary/aromatic N) is 1. The molecule has 0 aliphatic heterocycles. The highest BCUT2D eigenvalue weighted by Crippen LogP contribution is 2.16. The van der Waals surface area contributed by atoms with Crippen LogP contribution in [0.5, 0.6) is 0 Å². The molecular formula is C12H21N3O3S. The summed E-state index contributed by atoms with van der Waals surface area (Å²) in [5.74, 6) is 0.105. The minimum Gasteiger partial charge on any atom is -0.383 e. The van der Waals surface area contributed by atoms with Crippen LogP contribution in [0.25, 0.3) is 0 Å². The molecule has 1 aromatic heterocycles. The Hall–Kier alpha value is -1.18. The van der Waals surface area contributed by atoms with Crippen LogP contribution < -0.4 is 10.5 Å². The fourth-order valence-corrected chi connectivity index (χ4v) is 2.95. The molecule has 1 rings (SSSR count). The average Bonchev–Trinajstić information content (AvgIpc) is 2.34. The van der Waals surface area contributed by atoms with E-state index in [1.165, 1.54) is 18.3 Å². The maximum absolute atomic E-state index is 12.2. The minimum atomic E-state index is -3.68. The van der Waals surface area contributed by atoms with Gasteiger partial charge in [0, 0.05) is 18.8 Å². The van der Waals surface area contributed by atoms with E-state index in [9.17, 15) is 8.42 Å². The molecule has 0 spiro atoms. The third-order valence-electron chi connectivity index (χ3n) is 2.70. The molecular weight excluding hydrogens is 266 g/mol. The van der Waals surface area contributed by atoms with E-state index >= 15 is 0 Å². The van der Waals surface area contributed by atoms with E-state index in [2.05, 4.69) is 9.71 Å². The number of anilines is 1. The van der Waals surface area contributed by atoms with E-state index in [0.29, 0.717) is 13.2 Å². The van der Waals surface area contributed by atoms with Crippen LogP contribution >= 0.6 is 0 Å². The van der Waals surface area contributed by atoms with Crippen LogP contribution in [0, 0.1) is 5.92 Å². The van der Waals surface area contributed by atoms with Crippen LogP contribution in [0.15, 0.2) is 23.2 Å². The van der Waals surface area contributed by atoms with Gasteiger partial charge < -0.3 is 10.5 Å². The molecule has 108 valence electrons. The lowest BCUT2D eigenvalue weighted by atomic mass is 10.1. The fraction of sp³-hybridized carbons (Fsp3) is 0.583. The molecule has 0 aliphatic carbocycles. The van der Waals surface area contributed by atoms with Gasteiger partial charge in [-0.2, -0.15) is 0 Å². The minimum absolute atomic E-state index is 0.00264. The molecule has 0 aliphatic rings. The highest BCUT2D eigenvalue weighted by Gasteiger charge is 2.24. The van der Waals surface area contributed by atoms with Crippen molar-refractivity contribution in [1.82, 2.24) is 9.71 Å². The summed E-state index contributed by atoms with van der Waals surface area (Å²) in [6, 6.07) is 2.67. The highest BCUT2D eigenvalue weighted by molar-refractivity contribution is 7.89. The van der Waals surface area contributed by atoms with Gasteiger partial charge in [0.1, 0.15) is 10.7 Å². The van der Waals surface area contributed by atoms with Crippen molar-refractivity contribution in [2.24, 2.45) is 5.92 Å². The Balaban J connectivity index is 2.91. The molecule has 3 N–H and O–H groups in total. The van der Waals surface area contributed by atoms with Gasteiger partial charge in [-0.3, -0.25) is 0 Å². The Labute approximate surface area is 114 Å². The monoisotopic (exact) mass is 287 g/mol. The van der Waals surface area contributed by atoms with E-state index in [0.717, 1.165) is 0 Å². The highest BCUT2D eigenvalue weighted by atomic mass is 32.2. The smallest absolute Gasteiger partial charge is 0.244 e. The number of pyridine rings is 1. The maximum atomic E-state index is 12.2. The first-order valence-corrected chi connectivity index (χ1v) is 7.67. The van der Waals surface area contributed by atoms with Crippen molar-refractivity contribution >= 4 is 15.8 Å². The number of hydrogen-bond acceptors (Lipinski definition) is 5. The third-order valence-corrected chi connectivity index (χ3v) is 4.24. The topological polar surface area (TPSA) is 94.3 Å². The van der Waals surface area contributed by atoms with Gasteiger partial charge in [0.15, 0.2) is 0 Å². The van der Waals surface area contributed by atoms with Crippen LogP contribution in [-0.4, -0.2) is 32.7 Å². The van der Waals surface area contributed by atoms with Crippen LogP contribution in [0.2, 0.25) is 0 Å². The zero-order valence-electron chi connectivity index (χ0n) is 11.5. The van der Waals surface area contributed by atoms with E-state index < -0.39 is 10.0 Å². The summed E-state index contributed by atoms with van der Waals surface area (Å²) in [5, 5.41) is 0. The summed E-state index contributed by atoms with van der Waals surface area (Å²) in [7, 11) is -3.68.